The van der Waals surface area contributed by atoms with Crippen molar-refractivity contribution in [1.29, 1.82) is 0 Å². The molecule has 1 N–H and O–H groups in total. The van der Waals surface area contributed by atoms with Gasteiger partial charge < -0.3 is 9.30 Å². The third kappa shape index (κ3) is 4.32. The summed E-state index contributed by atoms with van der Waals surface area (Å²) in [7, 11) is -0.655. The summed E-state index contributed by atoms with van der Waals surface area (Å²) in [4.78, 5) is 8.07. The van der Waals surface area contributed by atoms with Gasteiger partial charge in [-0.15, -0.1) is 0 Å². The topological polar surface area (TPSA) is 86.1 Å². The van der Waals surface area contributed by atoms with Crippen molar-refractivity contribution in [2.45, 2.75) is 10.9 Å². The van der Waals surface area contributed by atoms with Crippen LogP contribution in [-0.2, 0) is 17.1 Å². The number of hydrogen-bond acceptors (Lipinski definition) is 5. The third-order valence-corrected chi connectivity index (χ3v) is 6.16. The van der Waals surface area contributed by atoms with Crippen molar-refractivity contribution in [1.82, 2.24) is 19.3 Å². The number of hydrogen-bond donors (Lipinski definition) is 1. The summed E-state index contributed by atoms with van der Waals surface area (Å²) in [5.41, 5.74) is 0.673. The lowest BCUT2D eigenvalue weighted by molar-refractivity contribution is 0.413. The standard InChI is InChI=1S/C17H16BrClN4O3S/c1-23-7-6-20-17(23)15(11-4-3-5-13(8-11)26-2)22-27(24,25)14-9-12(18)10-21-16(14)19/h3-10,15,22H,1-2H3. The van der Waals surface area contributed by atoms with Crippen molar-refractivity contribution < 1.29 is 13.2 Å². The quantitative estimate of drug-likeness (QED) is 0.558. The first-order valence-corrected chi connectivity index (χ1v) is 10.4. The first kappa shape index (κ1) is 19.8. The van der Waals surface area contributed by atoms with Crippen molar-refractivity contribution >= 4 is 37.6 Å². The predicted molar refractivity (Wildman–Crippen MR) is 105 cm³/mol. The lowest BCUT2D eigenvalue weighted by Crippen LogP contribution is -2.31. The predicted octanol–water partition coefficient (Wildman–Crippen LogP) is 3.31. The summed E-state index contributed by atoms with van der Waals surface area (Å²) >= 11 is 9.24. The minimum Gasteiger partial charge on any atom is -0.497 e. The molecule has 1 aromatic carbocycles. The molecule has 2 aromatic heterocycles. The van der Waals surface area contributed by atoms with E-state index in [4.69, 9.17) is 16.3 Å². The molecular weight excluding hydrogens is 456 g/mol. The number of pyridine rings is 1. The molecule has 1 unspecified atom stereocenters. The maximum Gasteiger partial charge on any atom is 0.244 e. The molecule has 0 saturated heterocycles. The number of imidazole rings is 1. The minimum absolute atomic E-state index is 0.116. The molecule has 0 radical (unpaired) electrons. The highest BCUT2D eigenvalue weighted by molar-refractivity contribution is 9.10. The summed E-state index contributed by atoms with van der Waals surface area (Å²) < 4.78 is 36.2. The largest absolute Gasteiger partial charge is 0.497 e. The van der Waals surface area contributed by atoms with E-state index in [2.05, 4.69) is 30.6 Å². The number of ether oxygens (including phenoxy) is 1. The van der Waals surface area contributed by atoms with Crippen LogP contribution in [0.1, 0.15) is 17.4 Å². The van der Waals surface area contributed by atoms with Crippen LogP contribution in [0.15, 0.2) is 58.3 Å². The number of nitrogens with zero attached hydrogens (tertiary/aromatic N) is 3. The monoisotopic (exact) mass is 470 g/mol. The summed E-state index contributed by atoms with van der Waals surface area (Å²) in [5, 5.41) is -0.116. The molecule has 0 fully saturated rings. The Labute approximate surface area is 170 Å². The molecule has 3 aromatic rings. The van der Waals surface area contributed by atoms with Crippen molar-refractivity contribution in [3.8, 4) is 5.75 Å². The van der Waals surface area contributed by atoms with E-state index in [0.29, 0.717) is 21.6 Å². The summed E-state index contributed by atoms with van der Waals surface area (Å²) in [6.07, 6.45) is 4.77. The van der Waals surface area contributed by atoms with Crippen LogP contribution in [0.2, 0.25) is 5.15 Å². The fourth-order valence-electron chi connectivity index (χ4n) is 2.56. The number of aromatic nitrogens is 3. The average molecular weight is 472 g/mol. The van der Waals surface area contributed by atoms with E-state index >= 15 is 0 Å². The molecule has 0 amide bonds. The lowest BCUT2D eigenvalue weighted by atomic mass is 10.1. The normalized spacial score (nSPS) is 12.7. The van der Waals surface area contributed by atoms with Gasteiger partial charge in [-0.1, -0.05) is 23.7 Å². The molecule has 3 rings (SSSR count). The highest BCUT2D eigenvalue weighted by Gasteiger charge is 2.28. The van der Waals surface area contributed by atoms with E-state index in [1.807, 2.05) is 0 Å². The van der Waals surface area contributed by atoms with Gasteiger partial charge in [0, 0.05) is 30.1 Å². The molecule has 1 atom stereocenters. The second-order valence-corrected chi connectivity index (χ2v) is 8.63. The van der Waals surface area contributed by atoms with E-state index in [-0.39, 0.29) is 10.0 Å². The molecule has 0 saturated carbocycles. The van der Waals surface area contributed by atoms with Crippen molar-refractivity contribution in [2.75, 3.05) is 7.11 Å². The van der Waals surface area contributed by atoms with Gasteiger partial charge in [-0.3, -0.25) is 0 Å². The van der Waals surface area contributed by atoms with E-state index in [9.17, 15) is 8.42 Å². The van der Waals surface area contributed by atoms with Gasteiger partial charge in [0.1, 0.15) is 27.7 Å². The van der Waals surface area contributed by atoms with Gasteiger partial charge in [0.2, 0.25) is 10.0 Å². The second-order valence-electron chi connectivity index (χ2n) is 5.67. The van der Waals surface area contributed by atoms with Crippen LogP contribution in [-0.4, -0.2) is 30.1 Å². The van der Waals surface area contributed by atoms with Crippen molar-refractivity contribution in [2.24, 2.45) is 7.05 Å². The second kappa shape index (κ2) is 7.97. The Morgan fingerprint density at radius 3 is 2.74 bits per heavy atom. The zero-order valence-electron chi connectivity index (χ0n) is 14.4. The molecule has 2 heterocycles. The number of rotatable bonds is 6. The van der Waals surface area contributed by atoms with Gasteiger partial charge in [0.15, 0.2) is 0 Å². The molecule has 7 nitrogen and oxygen atoms in total. The zero-order chi connectivity index (χ0) is 19.6. The van der Waals surface area contributed by atoms with Crippen molar-refractivity contribution in [3.05, 3.63) is 69.9 Å². The molecule has 0 aliphatic carbocycles. The molecule has 0 spiro atoms. The van der Waals surface area contributed by atoms with Gasteiger partial charge >= 0.3 is 0 Å². The average Bonchev–Trinajstić information content (AvgIpc) is 3.07. The Hall–Kier alpha value is -1.94. The highest BCUT2D eigenvalue weighted by Crippen LogP contribution is 2.28. The Morgan fingerprint density at radius 1 is 1.30 bits per heavy atom. The minimum atomic E-state index is -3.99. The Kier molecular flexibility index (Phi) is 5.85. The molecular formula is C17H16BrClN4O3S. The number of benzene rings is 1. The summed E-state index contributed by atoms with van der Waals surface area (Å²) in [5.74, 6) is 1.12. The number of halogens is 2. The maximum absolute atomic E-state index is 13.0. The summed E-state index contributed by atoms with van der Waals surface area (Å²) in [6, 6.07) is 7.77. The summed E-state index contributed by atoms with van der Waals surface area (Å²) in [6.45, 7) is 0. The van der Waals surface area contributed by atoms with Gasteiger partial charge in [0.25, 0.3) is 0 Å². The number of sulfonamides is 1. The van der Waals surface area contributed by atoms with E-state index in [1.165, 1.54) is 12.3 Å². The first-order valence-electron chi connectivity index (χ1n) is 7.76. The van der Waals surface area contributed by atoms with E-state index in [1.54, 1.807) is 55.4 Å². The number of aryl methyl sites for hydroxylation is 1. The van der Waals surface area contributed by atoms with Gasteiger partial charge in [-0.25, -0.2) is 18.4 Å². The maximum atomic E-state index is 13.0. The fourth-order valence-corrected chi connectivity index (χ4v) is 4.68. The number of methoxy groups -OCH3 is 1. The lowest BCUT2D eigenvalue weighted by Gasteiger charge is -2.20. The molecule has 27 heavy (non-hydrogen) atoms. The highest BCUT2D eigenvalue weighted by atomic mass is 79.9. The van der Waals surface area contributed by atoms with Crippen LogP contribution in [0.25, 0.3) is 0 Å². The van der Waals surface area contributed by atoms with Crippen LogP contribution in [0.3, 0.4) is 0 Å². The first-order chi connectivity index (χ1) is 12.8. The fraction of sp³-hybridized carbons (Fsp3) is 0.176. The van der Waals surface area contributed by atoms with Crippen molar-refractivity contribution in [3.63, 3.8) is 0 Å². The van der Waals surface area contributed by atoms with Crippen LogP contribution >= 0.6 is 27.5 Å². The van der Waals surface area contributed by atoms with E-state index in [0.717, 1.165) is 0 Å². The smallest absolute Gasteiger partial charge is 0.244 e. The van der Waals surface area contributed by atoms with Crippen LogP contribution in [0, 0.1) is 0 Å². The van der Waals surface area contributed by atoms with Gasteiger partial charge in [-0.2, -0.15) is 4.72 Å². The number of nitrogens with one attached hydrogen (secondary N) is 1. The third-order valence-electron chi connectivity index (χ3n) is 3.88. The zero-order valence-corrected chi connectivity index (χ0v) is 17.6. The Morgan fingerprint density at radius 2 is 2.07 bits per heavy atom. The van der Waals surface area contributed by atoms with Crippen LogP contribution in [0.4, 0.5) is 0 Å². The molecule has 142 valence electrons. The van der Waals surface area contributed by atoms with Gasteiger partial charge in [0.05, 0.1) is 7.11 Å². The SMILES string of the molecule is COc1cccc(C(NS(=O)(=O)c2cc(Br)cnc2Cl)c2nccn2C)c1. The van der Waals surface area contributed by atoms with E-state index < -0.39 is 16.1 Å². The molecule has 0 aliphatic rings. The molecule has 10 heteroatoms. The molecule has 0 bridgehead atoms. The van der Waals surface area contributed by atoms with Crippen LogP contribution < -0.4 is 9.46 Å². The molecule has 0 aliphatic heterocycles. The Bertz CT molecular complexity index is 1070. The Balaban J connectivity index is 2.09. The van der Waals surface area contributed by atoms with Gasteiger partial charge in [-0.05, 0) is 39.7 Å². The van der Waals surface area contributed by atoms with Crippen LogP contribution in [0.5, 0.6) is 5.75 Å².